The first-order valence-electron chi connectivity index (χ1n) is 20.6. The number of nitrogens with zero attached hydrogens (tertiary/aromatic N) is 4. The molecule has 2 saturated heterocycles. The average Bonchev–Trinajstić information content (AvgIpc) is 4.15. The van der Waals surface area contributed by atoms with Crippen molar-refractivity contribution in [1.82, 2.24) is 29.7 Å². The summed E-state index contributed by atoms with van der Waals surface area (Å²) in [5.41, 5.74) is 7.90. The van der Waals surface area contributed by atoms with Gasteiger partial charge in [0.2, 0.25) is 0 Å². The summed E-state index contributed by atoms with van der Waals surface area (Å²) in [4.78, 5) is 49.0. The van der Waals surface area contributed by atoms with Gasteiger partial charge in [-0.3, -0.25) is 9.59 Å². The van der Waals surface area contributed by atoms with Gasteiger partial charge in [0.1, 0.15) is 11.6 Å². The number of piperidine rings is 2. The molecule has 4 bridgehead atoms. The number of nitrogens with one attached hydrogen (secondary N) is 2. The fraction of sp³-hybridized carbons (Fsp3) is 0.333. The molecule has 2 aliphatic carbocycles. The highest BCUT2D eigenvalue weighted by Gasteiger charge is 2.52. The van der Waals surface area contributed by atoms with E-state index < -0.39 is 12.2 Å². The van der Waals surface area contributed by atoms with Gasteiger partial charge in [-0.15, -0.1) is 0 Å². The van der Waals surface area contributed by atoms with Crippen LogP contribution in [0.1, 0.15) is 85.6 Å². The zero-order valence-corrected chi connectivity index (χ0v) is 32.8. The van der Waals surface area contributed by atoms with Crippen LogP contribution in [0.15, 0.2) is 122 Å². The number of imidazole rings is 2. The van der Waals surface area contributed by atoms with Crippen LogP contribution in [0.4, 0.5) is 0 Å². The number of ether oxygens (including phenoxy) is 2. The molecule has 10 rings (SSSR count). The molecule has 2 amide bonds. The maximum atomic E-state index is 14.0. The summed E-state index contributed by atoms with van der Waals surface area (Å²) < 4.78 is 11.5. The highest BCUT2D eigenvalue weighted by molar-refractivity contribution is 5.84. The van der Waals surface area contributed by atoms with E-state index in [0.717, 1.165) is 94.9 Å². The van der Waals surface area contributed by atoms with Gasteiger partial charge in [-0.05, 0) is 83.7 Å². The lowest BCUT2D eigenvalue weighted by Crippen LogP contribution is -2.43. The van der Waals surface area contributed by atoms with Gasteiger partial charge in [0, 0.05) is 26.3 Å². The van der Waals surface area contributed by atoms with Gasteiger partial charge in [-0.2, -0.15) is 0 Å². The molecule has 10 nitrogen and oxygen atoms in total. The van der Waals surface area contributed by atoms with Crippen molar-refractivity contribution in [3.8, 4) is 33.6 Å². The van der Waals surface area contributed by atoms with Gasteiger partial charge in [0.05, 0.1) is 35.9 Å². The Kier molecular flexibility index (Phi) is 9.54. The van der Waals surface area contributed by atoms with Gasteiger partial charge in [-0.1, -0.05) is 109 Å². The van der Waals surface area contributed by atoms with Gasteiger partial charge < -0.3 is 29.2 Å². The Hall–Kier alpha value is -5.84. The Labute approximate surface area is 338 Å². The van der Waals surface area contributed by atoms with E-state index in [1.807, 2.05) is 82.9 Å². The Morgan fingerprint density at radius 2 is 0.931 bits per heavy atom. The first-order valence-corrected chi connectivity index (χ1v) is 20.6. The highest BCUT2D eigenvalue weighted by atomic mass is 16.5. The molecule has 0 radical (unpaired) electrons. The average molecular weight is 773 g/mol. The maximum absolute atomic E-state index is 14.0. The molecule has 0 spiro atoms. The first kappa shape index (κ1) is 36.5. The zero-order valence-electron chi connectivity index (χ0n) is 32.8. The molecule has 294 valence electrons. The smallest absolute Gasteiger partial charge is 0.257 e. The lowest BCUT2D eigenvalue weighted by atomic mass is 9.96. The van der Waals surface area contributed by atoms with E-state index in [2.05, 4.69) is 58.5 Å². The van der Waals surface area contributed by atoms with Crippen molar-refractivity contribution >= 4 is 11.8 Å². The zero-order chi connectivity index (χ0) is 39.3. The quantitative estimate of drug-likeness (QED) is 0.136. The lowest BCUT2D eigenvalue weighted by molar-refractivity contribution is -0.148. The first-order chi connectivity index (χ1) is 28.5. The van der Waals surface area contributed by atoms with E-state index in [1.165, 1.54) is 0 Å². The van der Waals surface area contributed by atoms with E-state index in [9.17, 15) is 9.59 Å². The third kappa shape index (κ3) is 6.35. The number of carbonyl (C=O) groups excluding carboxylic acids is 2. The van der Waals surface area contributed by atoms with E-state index in [0.29, 0.717) is 11.8 Å². The third-order valence-corrected chi connectivity index (χ3v) is 13.3. The molecule has 4 heterocycles. The number of amides is 2. The summed E-state index contributed by atoms with van der Waals surface area (Å²) in [6.45, 7) is 0. The van der Waals surface area contributed by atoms with Crippen molar-refractivity contribution in [2.75, 3.05) is 14.2 Å². The maximum Gasteiger partial charge on any atom is 0.257 e. The van der Waals surface area contributed by atoms with Crippen molar-refractivity contribution in [2.24, 2.45) is 11.8 Å². The SMILES string of the molecule is CO[C@@H](C(=O)N1[C@@H]2CC[C@H](C2)[C@H]1c1ncc(-c2ccc(-c3ccc(-c4cnc([C@@H]5[C@@H]6CC[C@H](C6)N5C(=O)[C@H](OC)c5ccccc5)[nH]4)cc3)cc2)[nH]1)c1ccccc1. The number of hydrogen-bond donors (Lipinski definition) is 2. The van der Waals surface area contributed by atoms with Crippen LogP contribution in [0.2, 0.25) is 0 Å². The standard InChI is InChI=1S/C48H48N6O4/c1-57-43(33-9-5-3-6-10-33)47(55)53-37-23-21-35(25-37)41(53)45-49-27-39(51-45)31-17-13-29(14-18-31)30-15-19-32(20-16-30)40-28-50-46(52-40)42-36-22-24-38(26-36)54(42)48(56)44(58-2)34-11-7-4-8-12-34/h3-20,27-28,35-38,41-44H,21-26H2,1-2H3,(H,49,51)(H,50,52)/t35-,36-,37-,38-,41+,42+,43-,44-/m1/s1. The van der Waals surface area contributed by atoms with Crippen LogP contribution in [-0.4, -0.2) is 67.9 Å². The molecule has 4 aliphatic rings. The largest absolute Gasteiger partial charge is 0.367 e. The molecule has 2 N–H and O–H groups in total. The van der Waals surface area contributed by atoms with Crippen LogP contribution < -0.4 is 0 Å². The predicted octanol–water partition coefficient (Wildman–Crippen LogP) is 9.01. The van der Waals surface area contributed by atoms with Crippen molar-refractivity contribution < 1.29 is 19.1 Å². The molecular formula is C48H48N6O4. The normalized spacial score (nSPS) is 24.4. The minimum atomic E-state index is -0.638. The van der Waals surface area contributed by atoms with Crippen LogP contribution in [0, 0.1) is 11.8 Å². The predicted molar refractivity (Wildman–Crippen MR) is 221 cm³/mol. The Morgan fingerprint density at radius 3 is 1.31 bits per heavy atom. The molecule has 10 heteroatoms. The summed E-state index contributed by atoms with van der Waals surface area (Å²) in [7, 11) is 3.22. The Morgan fingerprint density at radius 1 is 0.552 bits per heavy atom. The third-order valence-electron chi connectivity index (χ3n) is 13.3. The molecule has 6 aromatic rings. The molecule has 4 fully saturated rings. The molecule has 2 saturated carbocycles. The van der Waals surface area contributed by atoms with E-state index >= 15 is 0 Å². The van der Waals surface area contributed by atoms with Crippen LogP contribution in [0.5, 0.6) is 0 Å². The van der Waals surface area contributed by atoms with Crippen LogP contribution in [-0.2, 0) is 19.1 Å². The summed E-state index contributed by atoms with van der Waals surface area (Å²) >= 11 is 0. The van der Waals surface area contributed by atoms with Gasteiger partial charge >= 0.3 is 0 Å². The van der Waals surface area contributed by atoms with Crippen LogP contribution in [0.3, 0.4) is 0 Å². The lowest BCUT2D eigenvalue weighted by Gasteiger charge is -2.36. The molecule has 0 unspecified atom stereocenters. The number of likely N-dealkylation sites (tertiary alicyclic amines) is 2. The van der Waals surface area contributed by atoms with Crippen molar-refractivity contribution in [3.05, 3.63) is 144 Å². The fourth-order valence-electron chi connectivity index (χ4n) is 10.6. The molecular weight excluding hydrogens is 725 g/mol. The molecule has 2 aromatic heterocycles. The van der Waals surface area contributed by atoms with Gasteiger partial charge in [0.25, 0.3) is 11.8 Å². The number of hydrogen-bond acceptors (Lipinski definition) is 6. The van der Waals surface area contributed by atoms with E-state index in [4.69, 9.17) is 19.4 Å². The summed E-state index contributed by atoms with van der Waals surface area (Å²) in [5.74, 6) is 2.45. The van der Waals surface area contributed by atoms with Crippen LogP contribution >= 0.6 is 0 Å². The number of benzene rings is 4. The van der Waals surface area contributed by atoms with E-state index in [-0.39, 0.29) is 36.0 Å². The minimum absolute atomic E-state index is 0.00566. The van der Waals surface area contributed by atoms with Gasteiger partial charge in [-0.25, -0.2) is 9.97 Å². The summed E-state index contributed by atoms with van der Waals surface area (Å²) in [6, 6.07) is 36.8. The second-order valence-electron chi connectivity index (χ2n) is 16.4. The number of aromatic amines is 2. The Balaban J connectivity index is 0.831. The summed E-state index contributed by atoms with van der Waals surface area (Å²) in [5, 5.41) is 0. The number of H-pyrrole nitrogens is 2. The molecule has 58 heavy (non-hydrogen) atoms. The monoisotopic (exact) mass is 772 g/mol. The fourth-order valence-corrected chi connectivity index (χ4v) is 10.6. The topological polar surface area (TPSA) is 116 Å². The Bertz CT molecular complexity index is 2220. The van der Waals surface area contributed by atoms with Crippen molar-refractivity contribution in [1.29, 1.82) is 0 Å². The molecule has 2 aliphatic heterocycles. The van der Waals surface area contributed by atoms with Gasteiger partial charge in [0.15, 0.2) is 12.2 Å². The van der Waals surface area contributed by atoms with Crippen LogP contribution in [0.25, 0.3) is 33.6 Å². The minimum Gasteiger partial charge on any atom is -0.367 e. The number of carbonyl (C=O) groups is 2. The number of rotatable bonds is 11. The van der Waals surface area contributed by atoms with Crippen molar-refractivity contribution in [3.63, 3.8) is 0 Å². The second kappa shape index (κ2) is 15.2. The molecule has 8 atom stereocenters. The number of methoxy groups -OCH3 is 2. The summed E-state index contributed by atoms with van der Waals surface area (Å²) in [6.07, 6.45) is 8.73. The molecule has 4 aromatic carbocycles. The number of aromatic nitrogens is 4. The van der Waals surface area contributed by atoms with Crippen molar-refractivity contribution in [2.45, 2.75) is 74.9 Å². The second-order valence-corrected chi connectivity index (χ2v) is 16.4. The van der Waals surface area contributed by atoms with E-state index in [1.54, 1.807) is 14.2 Å². The highest BCUT2D eigenvalue weighted by Crippen LogP contribution is 2.52. The number of fused-ring (bicyclic) bond motifs is 4.